The highest BCUT2D eigenvalue weighted by Crippen LogP contribution is 2.41. The van der Waals surface area contributed by atoms with Crippen molar-refractivity contribution in [2.45, 2.75) is 13.1 Å². The Balaban J connectivity index is 2.04. The highest BCUT2D eigenvalue weighted by Gasteiger charge is 2.33. The number of rotatable bonds is 5. The smallest absolute Gasteiger partial charge is 0.416 e. The maximum atomic E-state index is 13.0. The van der Waals surface area contributed by atoms with Gasteiger partial charge in [0, 0.05) is 27.3 Å². The minimum atomic E-state index is -4.73. The van der Waals surface area contributed by atoms with Crippen LogP contribution >= 0.6 is 43.5 Å². The molecule has 0 spiro atoms. The van der Waals surface area contributed by atoms with Gasteiger partial charge in [-0.2, -0.15) is 13.2 Å². The second-order valence-electron chi connectivity index (χ2n) is 6.54. The highest BCUT2D eigenvalue weighted by atomic mass is 79.9. The number of ether oxygens (including phenoxy) is 1. The zero-order valence-corrected chi connectivity index (χ0v) is 20.0. The summed E-state index contributed by atoms with van der Waals surface area (Å²) in [6.07, 6.45) is -3.27. The van der Waals surface area contributed by atoms with Crippen LogP contribution in [0.2, 0.25) is 5.02 Å². The van der Waals surface area contributed by atoms with Gasteiger partial charge in [-0.25, -0.2) is 0 Å². The molecule has 0 N–H and O–H groups in total. The van der Waals surface area contributed by atoms with Crippen LogP contribution in [-0.4, -0.2) is 11.1 Å². The van der Waals surface area contributed by atoms with Crippen molar-refractivity contribution >= 4 is 61.1 Å². The van der Waals surface area contributed by atoms with E-state index in [4.69, 9.17) is 16.3 Å². The number of benzene rings is 3. The Kier molecular flexibility index (Phi) is 7.26. The molecule has 0 amide bonds. The first kappa shape index (κ1) is 24.2. The van der Waals surface area contributed by atoms with Gasteiger partial charge in [-0.05, 0) is 64.8 Å². The molecule has 0 saturated heterocycles. The van der Waals surface area contributed by atoms with E-state index in [2.05, 4.69) is 36.9 Å². The van der Waals surface area contributed by atoms with Crippen LogP contribution in [0.25, 0.3) is 0 Å². The summed E-state index contributed by atoms with van der Waals surface area (Å²) < 4.78 is 45.7. The van der Waals surface area contributed by atoms with E-state index in [-0.39, 0.29) is 11.5 Å². The maximum Gasteiger partial charge on any atom is 0.416 e. The van der Waals surface area contributed by atoms with Gasteiger partial charge in [-0.15, -0.1) is 0 Å². The average Bonchev–Trinajstić information content (AvgIpc) is 2.70. The van der Waals surface area contributed by atoms with Crippen molar-refractivity contribution in [1.29, 1.82) is 0 Å². The lowest BCUT2D eigenvalue weighted by atomic mass is 10.1. The fourth-order valence-corrected chi connectivity index (χ4v) is 4.14. The van der Waals surface area contributed by atoms with Crippen LogP contribution in [0.3, 0.4) is 0 Å². The minimum absolute atomic E-state index is 0.137. The van der Waals surface area contributed by atoms with Gasteiger partial charge >= 0.3 is 11.9 Å². The van der Waals surface area contributed by atoms with E-state index < -0.39 is 22.4 Å². The van der Waals surface area contributed by atoms with E-state index in [0.717, 1.165) is 17.7 Å². The van der Waals surface area contributed by atoms with Crippen molar-refractivity contribution in [3.63, 3.8) is 0 Å². The molecule has 0 heterocycles. The zero-order valence-electron chi connectivity index (χ0n) is 16.1. The summed E-state index contributed by atoms with van der Waals surface area (Å²) in [7, 11) is 0. The molecule has 3 aromatic carbocycles. The molecule has 0 aliphatic rings. The molecule has 3 aromatic rings. The predicted molar refractivity (Wildman–Crippen MR) is 123 cm³/mol. The highest BCUT2D eigenvalue weighted by molar-refractivity contribution is 9.11. The number of hydrogen-bond donors (Lipinski definition) is 0. The lowest BCUT2D eigenvalue weighted by Crippen LogP contribution is -2.06. The summed E-state index contributed by atoms with van der Waals surface area (Å²) in [5.41, 5.74) is -0.109. The van der Waals surface area contributed by atoms with Crippen molar-refractivity contribution in [3.05, 3.63) is 89.3 Å². The molecule has 0 bridgehead atoms. The SMILES string of the molecule is Cc1ccc(N=Cc2cc(Br)cc(Br)c2Oc2ccc(C(F)(F)F)cc2[N+](=O)[O-])cc1Cl. The number of alkyl halides is 3. The van der Waals surface area contributed by atoms with Crippen LogP contribution in [-0.2, 0) is 6.18 Å². The fourth-order valence-electron chi connectivity index (χ4n) is 2.62. The van der Waals surface area contributed by atoms with Gasteiger partial charge in [0.05, 0.1) is 20.6 Å². The zero-order chi connectivity index (χ0) is 23.6. The van der Waals surface area contributed by atoms with Crippen LogP contribution in [0, 0.1) is 17.0 Å². The van der Waals surface area contributed by atoms with Gasteiger partial charge in [-0.1, -0.05) is 33.6 Å². The summed E-state index contributed by atoms with van der Waals surface area (Å²) in [6.45, 7) is 1.85. The van der Waals surface area contributed by atoms with E-state index in [1.54, 1.807) is 30.3 Å². The molecule has 0 saturated carbocycles. The normalized spacial score (nSPS) is 11.7. The first-order valence-corrected chi connectivity index (χ1v) is 10.7. The Labute approximate surface area is 202 Å². The van der Waals surface area contributed by atoms with E-state index >= 15 is 0 Å². The summed E-state index contributed by atoms with van der Waals surface area (Å²) in [5, 5.41) is 11.9. The Morgan fingerprint density at radius 3 is 2.47 bits per heavy atom. The molecule has 0 atom stereocenters. The van der Waals surface area contributed by atoms with E-state index in [9.17, 15) is 23.3 Å². The fraction of sp³-hybridized carbons (Fsp3) is 0.0952. The summed E-state index contributed by atoms with van der Waals surface area (Å²) in [5.74, 6) is -0.211. The molecule has 166 valence electrons. The number of aliphatic imine (C=N–C) groups is 1. The molecule has 0 fully saturated rings. The van der Waals surface area contributed by atoms with Crippen LogP contribution in [0.5, 0.6) is 11.5 Å². The van der Waals surface area contributed by atoms with E-state index in [0.29, 0.717) is 31.3 Å². The van der Waals surface area contributed by atoms with E-state index in [1.165, 1.54) is 6.21 Å². The van der Waals surface area contributed by atoms with Crippen LogP contribution < -0.4 is 4.74 Å². The summed E-state index contributed by atoms with van der Waals surface area (Å²) in [4.78, 5) is 14.8. The second kappa shape index (κ2) is 9.60. The molecule has 0 unspecified atom stereocenters. The maximum absolute atomic E-state index is 13.0. The van der Waals surface area contributed by atoms with Crippen molar-refractivity contribution in [2.24, 2.45) is 4.99 Å². The van der Waals surface area contributed by atoms with Gasteiger partial charge in [0.1, 0.15) is 0 Å². The topological polar surface area (TPSA) is 64.7 Å². The van der Waals surface area contributed by atoms with E-state index in [1.807, 2.05) is 6.92 Å². The first-order chi connectivity index (χ1) is 15.0. The first-order valence-electron chi connectivity index (χ1n) is 8.78. The Morgan fingerprint density at radius 1 is 1.12 bits per heavy atom. The molecule has 3 rings (SSSR count). The molecule has 5 nitrogen and oxygen atoms in total. The third-order valence-corrected chi connectivity index (χ3v) is 5.69. The van der Waals surface area contributed by atoms with Gasteiger partial charge in [-0.3, -0.25) is 15.1 Å². The lowest BCUT2D eigenvalue weighted by Gasteiger charge is -2.13. The van der Waals surface area contributed by atoms with Crippen molar-refractivity contribution < 1.29 is 22.8 Å². The van der Waals surface area contributed by atoms with Gasteiger partial charge in [0.15, 0.2) is 5.75 Å². The van der Waals surface area contributed by atoms with Crippen molar-refractivity contribution in [3.8, 4) is 11.5 Å². The number of hydrogen-bond acceptors (Lipinski definition) is 4. The number of nitro benzene ring substituents is 1. The monoisotopic (exact) mass is 590 g/mol. The standard InChI is InChI=1S/C21H12Br2ClF3N2O3/c1-11-2-4-15(9-17(11)24)28-10-12-6-14(22)8-16(23)20(12)32-19-5-3-13(21(25,26)27)7-18(19)29(30)31/h2-10H,1H3. The number of nitrogens with zero attached hydrogens (tertiary/aromatic N) is 2. The molecule has 0 aliphatic carbocycles. The summed E-state index contributed by atoms with van der Waals surface area (Å²) >= 11 is 12.8. The quantitative estimate of drug-likeness (QED) is 0.169. The lowest BCUT2D eigenvalue weighted by molar-refractivity contribution is -0.385. The molecule has 0 radical (unpaired) electrons. The number of halogens is 6. The average molecular weight is 593 g/mol. The molecule has 32 heavy (non-hydrogen) atoms. The van der Waals surface area contributed by atoms with Crippen molar-refractivity contribution in [2.75, 3.05) is 0 Å². The molecular formula is C21H12Br2ClF3N2O3. The van der Waals surface area contributed by atoms with Gasteiger partial charge in [0.2, 0.25) is 5.75 Å². The molecule has 0 aliphatic heterocycles. The predicted octanol–water partition coefficient (Wildman–Crippen LogP) is 8.64. The van der Waals surface area contributed by atoms with Gasteiger partial charge in [0.25, 0.3) is 0 Å². The third kappa shape index (κ3) is 5.67. The third-order valence-electron chi connectivity index (χ3n) is 4.24. The van der Waals surface area contributed by atoms with Crippen LogP contribution in [0.4, 0.5) is 24.5 Å². The Morgan fingerprint density at radius 2 is 1.84 bits per heavy atom. The van der Waals surface area contributed by atoms with Crippen LogP contribution in [0.15, 0.2) is 62.5 Å². The summed E-state index contributed by atoms with van der Waals surface area (Å²) in [6, 6.07) is 10.6. The molecule has 11 heteroatoms. The number of nitro groups is 1. The molecular weight excluding hydrogens is 580 g/mol. The Hall–Kier alpha value is -2.43. The van der Waals surface area contributed by atoms with Gasteiger partial charge < -0.3 is 4.74 Å². The van der Waals surface area contributed by atoms with Crippen LogP contribution in [0.1, 0.15) is 16.7 Å². The minimum Gasteiger partial charge on any atom is -0.448 e. The Bertz CT molecular complexity index is 1230. The number of aryl methyl sites for hydroxylation is 1. The molecule has 0 aromatic heterocycles. The largest absolute Gasteiger partial charge is 0.448 e. The second-order valence-corrected chi connectivity index (χ2v) is 8.71. The van der Waals surface area contributed by atoms with Crippen molar-refractivity contribution in [1.82, 2.24) is 0 Å².